The van der Waals surface area contributed by atoms with Crippen molar-refractivity contribution in [3.05, 3.63) is 69.2 Å². The fourth-order valence-corrected chi connectivity index (χ4v) is 5.03. The number of nitrogens with zero attached hydrogens (tertiary/aromatic N) is 2. The molecule has 4 rings (SSSR count). The molecule has 0 radical (unpaired) electrons. The molecule has 1 N–H and O–H groups in total. The van der Waals surface area contributed by atoms with Gasteiger partial charge in [-0.2, -0.15) is 0 Å². The highest BCUT2D eigenvalue weighted by Gasteiger charge is 2.37. The first kappa shape index (κ1) is 23.0. The van der Waals surface area contributed by atoms with Crippen LogP contribution in [0.15, 0.2) is 52.5 Å². The topological polar surface area (TPSA) is 69.7 Å². The van der Waals surface area contributed by atoms with Gasteiger partial charge in [0.2, 0.25) is 0 Å². The van der Waals surface area contributed by atoms with Gasteiger partial charge in [0, 0.05) is 22.3 Å². The summed E-state index contributed by atoms with van der Waals surface area (Å²) in [4.78, 5) is 41.7. The normalized spacial score (nSPS) is 18.9. The van der Waals surface area contributed by atoms with E-state index >= 15 is 0 Å². The van der Waals surface area contributed by atoms with Crippen LogP contribution in [0.4, 0.5) is 16.2 Å². The number of hydrogen-bond acceptors (Lipinski definition) is 4. The van der Waals surface area contributed by atoms with Gasteiger partial charge >= 0.3 is 6.03 Å². The SMILES string of the molecule is CCN1c2cc(C)c(/C=C3/C(=O)NC(=O)N(c4cccc(Br)c4)C3=O)cc2C(C)=CC1(C)C. The molecule has 1 saturated heterocycles. The lowest BCUT2D eigenvalue weighted by Crippen LogP contribution is -2.54. The Morgan fingerprint density at radius 3 is 2.48 bits per heavy atom. The Balaban J connectivity index is 1.80. The van der Waals surface area contributed by atoms with Gasteiger partial charge in [-0.25, -0.2) is 9.69 Å². The van der Waals surface area contributed by atoms with E-state index in [1.807, 2.05) is 13.0 Å². The van der Waals surface area contributed by atoms with Gasteiger partial charge in [-0.1, -0.05) is 28.1 Å². The van der Waals surface area contributed by atoms with Crippen LogP contribution in [0.25, 0.3) is 11.6 Å². The predicted octanol–water partition coefficient (Wildman–Crippen LogP) is 5.45. The van der Waals surface area contributed by atoms with Crippen molar-refractivity contribution in [2.75, 3.05) is 16.3 Å². The second-order valence-electron chi connectivity index (χ2n) is 8.89. The lowest BCUT2D eigenvalue weighted by Gasteiger charge is -2.43. The molecule has 2 aromatic rings. The number of amides is 4. The quantitative estimate of drug-likeness (QED) is 0.443. The molecular weight excluding hydrogens is 482 g/mol. The van der Waals surface area contributed by atoms with Gasteiger partial charge in [-0.3, -0.25) is 14.9 Å². The maximum absolute atomic E-state index is 13.3. The molecule has 0 bridgehead atoms. The number of barbiturate groups is 1. The second kappa shape index (κ2) is 8.30. The minimum absolute atomic E-state index is 0.0808. The van der Waals surface area contributed by atoms with Gasteiger partial charge in [0.1, 0.15) is 5.57 Å². The fourth-order valence-electron chi connectivity index (χ4n) is 4.64. The van der Waals surface area contributed by atoms with Crippen LogP contribution in [-0.4, -0.2) is 29.9 Å². The third-order valence-corrected chi connectivity index (χ3v) is 6.64. The number of halogens is 1. The molecule has 0 saturated carbocycles. The number of anilines is 2. The average molecular weight is 508 g/mol. The van der Waals surface area contributed by atoms with Crippen molar-refractivity contribution in [2.24, 2.45) is 0 Å². The minimum atomic E-state index is -0.762. The number of urea groups is 1. The van der Waals surface area contributed by atoms with E-state index in [1.165, 1.54) is 0 Å². The van der Waals surface area contributed by atoms with Crippen LogP contribution >= 0.6 is 15.9 Å². The molecule has 33 heavy (non-hydrogen) atoms. The van der Waals surface area contributed by atoms with Crippen LogP contribution in [-0.2, 0) is 9.59 Å². The number of likely N-dealkylation sites (N-methyl/N-ethyl adjacent to an activating group) is 1. The number of carbonyl (C=O) groups excluding carboxylic acids is 3. The molecule has 0 unspecified atom stereocenters. The zero-order chi connectivity index (χ0) is 24.1. The summed E-state index contributed by atoms with van der Waals surface area (Å²) in [5, 5.41) is 2.29. The molecule has 7 heteroatoms. The Hall–Kier alpha value is -3.19. The zero-order valence-electron chi connectivity index (χ0n) is 19.3. The summed E-state index contributed by atoms with van der Waals surface area (Å²) in [5.74, 6) is -1.35. The van der Waals surface area contributed by atoms with E-state index in [9.17, 15) is 14.4 Å². The lowest BCUT2D eigenvalue weighted by molar-refractivity contribution is -0.122. The number of aryl methyl sites for hydroxylation is 1. The Labute approximate surface area is 202 Å². The van der Waals surface area contributed by atoms with Crippen molar-refractivity contribution in [1.29, 1.82) is 0 Å². The number of benzene rings is 2. The molecule has 2 aromatic carbocycles. The first-order chi connectivity index (χ1) is 15.5. The van der Waals surface area contributed by atoms with Crippen molar-refractivity contribution in [3.8, 4) is 0 Å². The number of fused-ring (bicyclic) bond motifs is 1. The van der Waals surface area contributed by atoms with Gasteiger partial charge in [-0.15, -0.1) is 0 Å². The number of carbonyl (C=O) groups is 3. The smallest absolute Gasteiger partial charge is 0.335 e. The Morgan fingerprint density at radius 1 is 1.09 bits per heavy atom. The zero-order valence-corrected chi connectivity index (χ0v) is 20.9. The molecule has 0 atom stereocenters. The Bertz CT molecular complexity index is 1260. The molecule has 2 aliphatic heterocycles. The highest BCUT2D eigenvalue weighted by molar-refractivity contribution is 9.10. The molecule has 4 amide bonds. The fraction of sp³-hybridized carbons (Fsp3) is 0.269. The van der Waals surface area contributed by atoms with E-state index in [0.717, 1.165) is 43.9 Å². The van der Waals surface area contributed by atoms with E-state index < -0.39 is 17.8 Å². The maximum atomic E-state index is 13.3. The van der Waals surface area contributed by atoms with E-state index in [2.05, 4.69) is 66.0 Å². The summed E-state index contributed by atoms with van der Waals surface area (Å²) >= 11 is 3.36. The maximum Gasteiger partial charge on any atom is 0.335 e. The van der Waals surface area contributed by atoms with Gasteiger partial charge in [0.25, 0.3) is 11.8 Å². The molecule has 0 aromatic heterocycles. The van der Waals surface area contributed by atoms with Crippen LogP contribution < -0.4 is 15.1 Å². The summed E-state index contributed by atoms with van der Waals surface area (Å²) in [6, 6.07) is 10.2. The first-order valence-electron chi connectivity index (χ1n) is 10.8. The highest BCUT2D eigenvalue weighted by atomic mass is 79.9. The summed E-state index contributed by atoms with van der Waals surface area (Å²) in [6.07, 6.45) is 3.81. The van der Waals surface area contributed by atoms with E-state index in [0.29, 0.717) is 5.69 Å². The Kier molecular flexibility index (Phi) is 5.78. The summed E-state index contributed by atoms with van der Waals surface area (Å²) in [6.45, 7) is 11.4. The van der Waals surface area contributed by atoms with E-state index in [4.69, 9.17) is 0 Å². The molecule has 2 aliphatic rings. The second-order valence-corrected chi connectivity index (χ2v) is 9.80. The molecule has 1 fully saturated rings. The monoisotopic (exact) mass is 507 g/mol. The number of nitrogens with one attached hydrogen (secondary N) is 1. The van der Waals surface area contributed by atoms with Crippen LogP contribution in [0.2, 0.25) is 0 Å². The molecular formula is C26H26BrN3O3. The van der Waals surface area contributed by atoms with Crippen molar-refractivity contribution in [2.45, 2.75) is 40.2 Å². The molecule has 0 spiro atoms. The third kappa shape index (κ3) is 4.02. The van der Waals surface area contributed by atoms with E-state index in [1.54, 1.807) is 30.3 Å². The average Bonchev–Trinajstić information content (AvgIpc) is 2.71. The predicted molar refractivity (Wildman–Crippen MR) is 135 cm³/mol. The van der Waals surface area contributed by atoms with E-state index in [-0.39, 0.29) is 11.1 Å². The van der Waals surface area contributed by atoms with Crippen molar-refractivity contribution in [3.63, 3.8) is 0 Å². The van der Waals surface area contributed by atoms with Crippen molar-refractivity contribution in [1.82, 2.24) is 5.32 Å². The van der Waals surface area contributed by atoms with Gasteiger partial charge < -0.3 is 4.90 Å². The standard InChI is InChI=1S/C26H26BrN3O3/c1-6-29-22-10-15(2)17(11-20(22)16(3)14-26(29,4)5)12-21-23(31)28-25(33)30(24(21)32)19-9-7-8-18(27)13-19/h7-14H,6H2,1-5H3,(H,28,31,33)/b21-12-. The van der Waals surface area contributed by atoms with Crippen LogP contribution in [0.1, 0.15) is 44.4 Å². The largest absolute Gasteiger partial charge is 0.363 e. The molecule has 170 valence electrons. The number of rotatable bonds is 3. The number of allylic oxidation sites excluding steroid dienone is 1. The summed E-state index contributed by atoms with van der Waals surface area (Å²) in [5.41, 5.74) is 5.24. The van der Waals surface area contributed by atoms with Crippen LogP contribution in [0, 0.1) is 6.92 Å². The van der Waals surface area contributed by atoms with Crippen molar-refractivity contribution < 1.29 is 14.4 Å². The Morgan fingerprint density at radius 2 is 1.82 bits per heavy atom. The minimum Gasteiger partial charge on any atom is -0.363 e. The molecule has 6 nitrogen and oxygen atoms in total. The summed E-state index contributed by atoms with van der Waals surface area (Å²) < 4.78 is 0.722. The van der Waals surface area contributed by atoms with Crippen LogP contribution in [0.3, 0.4) is 0 Å². The lowest BCUT2D eigenvalue weighted by atomic mass is 9.86. The first-order valence-corrected chi connectivity index (χ1v) is 11.6. The molecule has 2 heterocycles. The summed E-state index contributed by atoms with van der Waals surface area (Å²) in [7, 11) is 0. The third-order valence-electron chi connectivity index (χ3n) is 6.15. The van der Waals surface area contributed by atoms with Gasteiger partial charge in [-0.05, 0) is 87.7 Å². The number of hydrogen-bond donors (Lipinski definition) is 1. The van der Waals surface area contributed by atoms with Gasteiger partial charge in [0.05, 0.1) is 11.2 Å². The molecule has 0 aliphatic carbocycles. The van der Waals surface area contributed by atoms with Gasteiger partial charge in [0.15, 0.2) is 0 Å². The highest BCUT2D eigenvalue weighted by Crippen LogP contribution is 2.40. The van der Waals surface area contributed by atoms with Crippen molar-refractivity contribution >= 4 is 56.8 Å². The van der Waals surface area contributed by atoms with Crippen LogP contribution in [0.5, 0.6) is 0 Å². The number of imide groups is 2.